The molecule has 1 aliphatic carbocycles. The normalized spacial score (nSPS) is 15.5. The first-order valence-electron chi connectivity index (χ1n) is 9.78. The number of hydrogen-bond acceptors (Lipinski definition) is 6. The second-order valence-corrected chi connectivity index (χ2v) is 6.85. The Balaban J connectivity index is 1.57. The quantitative estimate of drug-likeness (QED) is 0.666. The van der Waals surface area contributed by atoms with Crippen LogP contribution in [0, 0.1) is 0 Å². The molecule has 6 heteroatoms. The highest BCUT2D eigenvalue weighted by molar-refractivity contribution is 5.63. The van der Waals surface area contributed by atoms with Crippen LogP contribution in [0.4, 0.5) is 0 Å². The van der Waals surface area contributed by atoms with Crippen LogP contribution in [0.3, 0.4) is 0 Å². The van der Waals surface area contributed by atoms with Gasteiger partial charge in [0.2, 0.25) is 11.7 Å². The number of nitrogens with zero attached hydrogens (tertiary/aromatic N) is 2. The Labute approximate surface area is 164 Å². The number of hydrogen-bond donors (Lipinski definition) is 1. The molecular formula is C22H25N3O3. The second kappa shape index (κ2) is 8.02. The third kappa shape index (κ3) is 3.60. The smallest absolute Gasteiger partial charge is 0.231 e. The van der Waals surface area contributed by atoms with Crippen LogP contribution < -0.4 is 15.2 Å². The number of nitrogens with two attached hydrogens (primary N) is 1. The lowest BCUT2D eigenvalue weighted by Gasteiger charge is -2.11. The minimum Gasteiger partial charge on any atom is -0.490 e. The van der Waals surface area contributed by atoms with Crippen LogP contribution in [-0.2, 0) is 12.8 Å². The molecule has 0 spiro atoms. The Morgan fingerprint density at radius 3 is 2.75 bits per heavy atom. The number of benzene rings is 2. The van der Waals surface area contributed by atoms with Crippen LogP contribution in [0.2, 0.25) is 0 Å². The van der Waals surface area contributed by atoms with E-state index >= 15 is 0 Å². The van der Waals surface area contributed by atoms with E-state index in [0.29, 0.717) is 31.3 Å². The van der Waals surface area contributed by atoms with Crippen molar-refractivity contribution in [2.45, 2.75) is 39.2 Å². The fourth-order valence-corrected chi connectivity index (χ4v) is 3.71. The van der Waals surface area contributed by atoms with Crippen LogP contribution in [0.1, 0.15) is 48.9 Å². The molecule has 4 rings (SSSR count). The van der Waals surface area contributed by atoms with Gasteiger partial charge in [-0.1, -0.05) is 29.4 Å². The molecule has 146 valence electrons. The predicted octanol–water partition coefficient (Wildman–Crippen LogP) is 4.07. The van der Waals surface area contributed by atoms with Gasteiger partial charge in [0.15, 0.2) is 11.5 Å². The Kier molecular flexibility index (Phi) is 5.30. The molecule has 1 heterocycles. The highest BCUT2D eigenvalue weighted by atomic mass is 16.5. The van der Waals surface area contributed by atoms with Crippen LogP contribution >= 0.6 is 0 Å². The van der Waals surface area contributed by atoms with Crippen molar-refractivity contribution >= 4 is 0 Å². The van der Waals surface area contributed by atoms with Crippen LogP contribution in [0.5, 0.6) is 11.5 Å². The number of rotatable bonds is 7. The van der Waals surface area contributed by atoms with E-state index in [1.165, 1.54) is 11.1 Å². The number of aromatic nitrogens is 2. The fraction of sp³-hybridized carbons (Fsp3) is 0.364. The van der Waals surface area contributed by atoms with E-state index in [-0.39, 0.29) is 6.04 Å². The van der Waals surface area contributed by atoms with Gasteiger partial charge in [0, 0.05) is 11.6 Å². The zero-order chi connectivity index (χ0) is 19.5. The molecule has 0 fully saturated rings. The van der Waals surface area contributed by atoms with Gasteiger partial charge in [0.05, 0.1) is 19.6 Å². The third-order valence-electron chi connectivity index (χ3n) is 4.99. The summed E-state index contributed by atoms with van der Waals surface area (Å²) in [5, 5.41) is 4.21. The molecule has 1 aliphatic rings. The number of fused-ring (bicyclic) bond motifs is 1. The molecular weight excluding hydrogens is 354 g/mol. The fourth-order valence-electron chi connectivity index (χ4n) is 3.71. The van der Waals surface area contributed by atoms with Crippen molar-refractivity contribution in [3.8, 4) is 22.9 Å². The van der Waals surface area contributed by atoms with Crippen molar-refractivity contribution in [2.24, 2.45) is 5.73 Å². The van der Waals surface area contributed by atoms with Crippen LogP contribution in [0.25, 0.3) is 11.4 Å². The maximum absolute atomic E-state index is 6.19. The van der Waals surface area contributed by atoms with Gasteiger partial charge >= 0.3 is 0 Å². The van der Waals surface area contributed by atoms with E-state index in [4.69, 9.17) is 19.7 Å². The highest BCUT2D eigenvalue weighted by Gasteiger charge is 2.24. The van der Waals surface area contributed by atoms with E-state index in [1.807, 2.05) is 44.2 Å². The van der Waals surface area contributed by atoms with Gasteiger partial charge in [-0.3, -0.25) is 0 Å². The third-order valence-corrected chi connectivity index (χ3v) is 4.99. The summed E-state index contributed by atoms with van der Waals surface area (Å²) in [5.41, 5.74) is 10.7. The minimum absolute atomic E-state index is 0.0992. The monoisotopic (exact) mass is 379 g/mol. The summed E-state index contributed by atoms with van der Waals surface area (Å²) in [4.78, 5) is 4.62. The van der Waals surface area contributed by atoms with Crippen LogP contribution in [0.15, 0.2) is 40.9 Å². The molecule has 1 unspecified atom stereocenters. The average molecular weight is 379 g/mol. The van der Waals surface area contributed by atoms with Gasteiger partial charge in [0.1, 0.15) is 0 Å². The molecule has 0 aliphatic heterocycles. The Morgan fingerprint density at radius 1 is 1.11 bits per heavy atom. The summed E-state index contributed by atoms with van der Waals surface area (Å²) in [6.45, 7) is 5.08. The van der Waals surface area contributed by atoms with Gasteiger partial charge < -0.3 is 19.7 Å². The van der Waals surface area contributed by atoms with E-state index in [0.717, 1.165) is 35.5 Å². The summed E-state index contributed by atoms with van der Waals surface area (Å²) in [6.07, 6.45) is 2.45. The molecule has 0 radical (unpaired) electrons. The van der Waals surface area contributed by atoms with E-state index in [9.17, 15) is 0 Å². The summed E-state index contributed by atoms with van der Waals surface area (Å²) in [5.74, 6) is 2.67. The van der Waals surface area contributed by atoms with Gasteiger partial charge in [-0.15, -0.1) is 0 Å². The molecule has 1 atom stereocenters. The SMILES string of the molecule is CCOc1ccc(Cc2nc(-c3cccc4c3CCC4N)no2)cc1OCC. The highest BCUT2D eigenvalue weighted by Crippen LogP contribution is 2.35. The standard InChI is InChI=1S/C22H25N3O3/c1-3-26-19-11-8-14(12-20(19)27-4-2)13-21-24-22(25-28-21)17-7-5-6-16-15(17)9-10-18(16)23/h5-8,11-12,18H,3-4,9-10,13,23H2,1-2H3. The summed E-state index contributed by atoms with van der Waals surface area (Å²) < 4.78 is 16.8. The van der Waals surface area contributed by atoms with Crippen LogP contribution in [-0.4, -0.2) is 23.4 Å². The first kappa shape index (κ1) is 18.5. The van der Waals surface area contributed by atoms with Gasteiger partial charge in [0.25, 0.3) is 0 Å². The van der Waals surface area contributed by atoms with Crippen molar-refractivity contribution in [3.05, 3.63) is 59.0 Å². The average Bonchev–Trinajstić information content (AvgIpc) is 3.31. The predicted molar refractivity (Wildman–Crippen MR) is 107 cm³/mol. The van der Waals surface area contributed by atoms with Crippen molar-refractivity contribution in [1.82, 2.24) is 10.1 Å². The first-order chi connectivity index (χ1) is 13.7. The van der Waals surface area contributed by atoms with Gasteiger partial charge in [-0.05, 0) is 55.5 Å². The lowest BCUT2D eigenvalue weighted by molar-refractivity contribution is 0.287. The number of ether oxygens (including phenoxy) is 2. The first-order valence-corrected chi connectivity index (χ1v) is 9.78. The summed E-state index contributed by atoms with van der Waals surface area (Å²) in [7, 11) is 0. The van der Waals surface area contributed by atoms with E-state index < -0.39 is 0 Å². The molecule has 2 N–H and O–H groups in total. The van der Waals surface area contributed by atoms with Crippen molar-refractivity contribution in [1.29, 1.82) is 0 Å². The molecule has 1 aromatic heterocycles. The van der Waals surface area contributed by atoms with E-state index in [2.05, 4.69) is 16.2 Å². The van der Waals surface area contributed by atoms with E-state index in [1.54, 1.807) is 0 Å². The second-order valence-electron chi connectivity index (χ2n) is 6.85. The zero-order valence-electron chi connectivity index (χ0n) is 16.3. The lowest BCUT2D eigenvalue weighted by atomic mass is 10.0. The molecule has 3 aromatic rings. The van der Waals surface area contributed by atoms with Crippen molar-refractivity contribution in [3.63, 3.8) is 0 Å². The molecule has 2 aromatic carbocycles. The molecule has 6 nitrogen and oxygen atoms in total. The molecule has 0 amide bonds. The Morgan fingerprint density at radius 2 is 1.93 bits per heavy atom. The maximum atomic E-state index is 6.19. The topological polar surface area (TPSA) is 83.4 Å². The summed E-state index contributed by atoms with van der Waals surface area (Å²) in [6, 6.07) is 12.1. The Bertz CT molecular complexity index is 967. The molecule has 0 saturated carbocycles. The largest absolute Gasteiger partial charge is 0.490 e. The van der Waals surface area contributed by atoms with Crippen molar-refractivity contribution < 1.29 is 14.0 Å². The van der Waals surface area contributed by atoms with Gasteiger partial charge in [-0.25, -0.2) is 0 Å². The molecule has 0 saturated heterocycles. The Hall–Kier alpha value is -2.86. The minimum atomic E-state index is 0.0992. The molecule has 28 heavy (non-hydrogen) atoms. The van der Waals surface area contributed by atoms with Gasteiger partial charge in [-0.2, -0.15) is 4.98 Å². The maximum Gasteiger partial charge on any atom is 0.231 e. The summed E-state index contributed by atoms with van der Waals surface area (Å²) >= 11 is 0. The zero-order valence-corrected chi connectivity index (χ0v) is 16.3. The molecule has 0 bridgehead atoms. The lowest BCUT2D eigenvalue weighted by Crippen LogP contribution is -2.05. The van der Waals surface area contributed by atoms with Crippen molar-refractivity contribution in [2.75, 3.05) is 13.2 Å².